The largest absolute Gasteiger partial charge is 0.466 e. The number of likely N-dealkylation sites (tertiary alicyclic amines) is 1. The summed E-state index contributed by atoms with van der Waals surface area (Å²) in [5, 5.41) is 0. The minimum atomic E-state index is -3.73. The molecule has 0 N–H and O–H groups in total. The van der Waals surface area contributed by atoms with Crippen LogP contribution in [-0.4, -0.2) is 87.7 Å². The standard InChI is InChI=1S/C22H33N3O6S/c1-7-31-22(28)17-9-8-10-25(13-17)20(26)14-24(6)21(27)18-11-15(2)16(3)19(12-18)32(29,30)23(4)5/h11-12,17H,7-10,13-14H2,1-6H3. The Hall–Kier alpha value is -2.46. The topological polar surface area (TPSA) is 104 Å². The van der Waals surface area contributed by atoms with E-state index in [9.17, 15) is 22.8 Å². The zero-order valence-electron chi connectivity index (χ0n) is 19.7. The molecular formula is C22H33N3O6S. The number of benzene rings is 1. The molecule has 1 aromatic carbocycles. The highest BCUT2D eigenvalue weighted by Crippen LogP contribution is 2.24. The highest BCUT2D eigenvalue weighted by Gasteiger charge is 2.30. The molecular weight excluding hydrogens is 434 g/mol. The molecule has 0 spiro atoms. The van der Waals surface area contributed by atoms with Crippen LogP contribution in [0.3, 0.4) is 0 Å². The first kappa shape index (κ1) is 25.8. The summed E-state index contributed by atoms with van der Waals surface area (Å²) in [6.45, 7) is 6.10. The molecule has 9 nitrogen and oxygen atoms in total. The molecule has 1 fully saturated rings. The van der Waals surface area contributed by atoms with Crippen molar-refractivity contribution >= 4 is 27.8 Å². The number of likely N-dealkylation sites (N-methyl/N-ethyl adjacent to an activating group) is 1. The van der Waals surface area contributed by atoms with Crippen molar-refractivity contribution < 1.29 is 27.5 Å². The Morgan fingerprint density at radius 2 is 1.81 bits per heavy atom. The number of nitrogens with zero attached hydrogens (tertiary/aromatic N) is 3. The maximum atomic E-state index is 13.0. The molecule has 1 atom stereocenters. The van der Waals surface area contributed by atoms with Crippen molar-refractivity contribution in [3.63, 3.8) is 0 Å². The summed E-state index contributed by atoms with van der Waals surface area (Å²) in [7, 11) is 0.647. The number of sulfonamides is 1. The first-order valence-electron chi connectivity index (χ1n) is 10.6. The number of esters is 1. The van der Waals surface area contributed by atoms with E-state index in [1.807, 2.05) is 0 Å². The van der Waals surface area contributed by atoms with Gasteiger partial charge in [0.1, 0.15) is 0 Å². The van der Waals surface area contributed by atoms with Crippen LogP contribution in [0.1, 0.15) is 41.3 Å². The zero-order valence-corrected chi connectivity index (χ0v) is 20.5. The van der Waals surface area contributed by atoms with E-state index in [1.54, 1.807) is 31.7 Å². The Morgan fingerprint density at radius 1 is 1.16 bits per heavy atom. The van der Waals surface area contributed by atoms with Crippen LogP contribution in [0.15, 0.2) is 17.0 Å². The van der Waals surface area contributed by atoms with Crippen LogP contribution in [0.2, 0.25) is 0 Å². The number of ether oxygens (including phenoxy) is 1. The van der Waals surface area contributed by atoms with Crippen LogP contribution in [0, 0.1) is 19.8 Å². The van der Waals surface area contributed by atoms with Gasteiger partial charge in [0.2, 0.25) is 15.9 Å². The SMILES string of the molecule is CCOC(=O)C1CCCN(C(=O)CN(C)C(=O)c2cc(C)c(C)c(S(=O)(=O)N(C)C)c2)C1. The van der Waals surface area contributed by atoms with Gasteiger partial charge in [0.15, 0.2) is 0 Å². The minimum absolute atomic E-state index is 0.0684. The van der Waals surface area contributed by atoms with Crippen molar-refractivity contribution in [2.24, 2.45) is 5.92 Å². The molecule has 0 radical (unpaired) electrons. The van der Waals surface area contributed by atoms with Gasteiger partial charge in [-0.05, 0) is 56.9 Å². The molecule has 0 aliphatic carbocycles. The molecule has 178 valence electrons. The predicted molar refractivity (Wildman–Crippen MR) is 120 cm³/mol. The van der Waals surface area contributed by atoms with Crippen molar-refractivity contribution in [1.82, 2.24) is 14.1 Å². The van der Waals surface area contributed by atoms with Gasteiger partial charge in [0.25, 0.3) is 5.91 Å². The smallest absolute Gasteiger partial charge is 0.310 e. The van der Waals surface area contributed by atoms with E-state index in [0.717, 1.165) is 4.31 Å². The molecule has 1 saturated heterocycles. The van der Waals surface area contributed by atoms with Crippen LogP contribution in [-0.2, 0) is 24.3 Å². The van der Waals surface area contributed by atoms with E-state index < -0.39 is 15.9 Å². The van der Waals surface area contributed by atoms with Crippen molar-refractivity contribution in [2.45, 2.75) is 38.5 Å². The van der Waals surface area contributed by atoms with Crippen LogP contribution < -0.4 is 0 Å². The molecule has 0 aromatic heterocycles. The fraction of sp³-hybridized carbons (Fsp3) is 0.591. The molecule has 0 bridgehead atoms. The lowest BCUT2D eigenvalue weighted by Gasteiger charge is -2.32. The Morgan fingerprint density at radius 3 is 2.41 bits per heavy atom. The van der Waals surface area contributed by atoms with E-state index in [4.69, 9.17) is 4.74 Å². The maximum absolute atomic E-state index is 13.0. The fourth-order valence-electron chi connectivity index (χ4n) is 3.67. The highest BCUT2D eigenvalue weighted by molar-refractivity contribution is 7.89. The number of hydrogen-bond acceptors (Lipinski definition) is 6. The molecule has 1 aromatic rings. The van der Waals surface area contributed by atoms with Gasteiger partial charge in [-0.15, -0.1) is 0 Å². The summed E-state index contributed by atoms with van der Waals surface area (Å²) in [6.07, 6.45) is 1.36. The van der Waals surface area contributed by atoms with Crippen LogP contribution in [0.5, 0.6) is 0 Å². The molecule has 32 heavy (non-hydrogen) atoms. The van der Waals surface area contributed by atoms with E-state index in [-0.39, 0.29) is 41.3 Å². The first-order chi connectivity index (χ1) is 14.9. The summed E-state index contributed by atoms with van der Waals surface area (Å²) in [5.74, 6) is -1.37. The highest BCUT2D eigenvalue weighted by atomic mass is 32.2. The lowest BCUT2D eigenvalue weighted by Crippen LogP contribution is -2.47. The molecule has 1 heterocycles. The van der Waals surface area contributed by atoms with E-state index in [2.05, 4.69) is 0 Å². The lowest BCUT2D eigenvalue weighted by molar-refractivity contribution is -0.151. The normalized spacial score (nSPS) is 16.7. The van der Waals surface area contributed by atoms with Gasteiger partial charge >= 0.3 is 5.97 Å². The van der Waals surface area contributed by atoms with Crippen LogP contribution in [0.25, 0.3) is 0 Å². The van der Waals surface area contributed by atoms with Gasteiger partial charge in [0, 0.05) is 39.8 Å². The monoisotopic (exact) mass is 467 g/mol. The van der Waals surface area contributed by atoms with Crippen molar-refractivity contribution in [3.8, 4) is 0 Å². The second kappa shape index (κ2) is 10.4. The average molecular weight is 468 g/mol. The molecule has 1 aliphatic heterocycles. The zero-order chi connectivity index (χ0) is 24.2. The second-order valence-corrected chi connectivity index (χ2v) is 10.4. The Labute approximate surface area is 190 Å². The molecule has 2 amide bonds. The summed E-state index contributed by atoms with van der Waals surface area (Å²) >= 11 is 0. The Bertz CT molecular complexity index is 990. The van der Waals surface area contributed by atoms with Crippen molar-refractivity contribution in [1.29, 1.82) is 0 Å². The fourth-order valence-corrected chi connectivity index (χ4v) is 4.88. The van der Waals surface area contributed by atoms with E-state index in [1.165, 1.54) is 32.1 Å². The number of amides is 2. The van der Waals surface area contributed by atoms with E-state index >= 15 is 0 Å². The van der Waals surface area contributed by atoms with Gasteiger partial charge in [-0.2, -0.15) is 0 Å². The van der Waals surface area contributed by atoms with Gasteiger partial charge in [-0.3, -0.25) is 14.4 Å². The molecule has 1 aliphatic rings. The van der Waals surface area contributed by atoms with Crippen LogP contribution >= 0.6 is 0 Å². The minimum Gasteiger partial charge on any atom is -0.466 e. The number of carbonyl (C=O) groups excluding carboxylic acids is 3. The predicted octanol–water partition coefficient (Wildman–Crippen LogP) is 1.43. The summed E-state index contributed by atoms with van der Waals surface area (Å²) in [4.78, 5) is 40.7. The molecule has 10 heteroatoms. The van der Waals surface area contributed by atoms with Gasteiger partial charge in [-0.1, -0.05) is 0 Å². The summed E-state index contributed by atoms with van der Waals surface area (Å²) in [6, 6.07) is 2.99. The van der Waals surface area contributed by atoms with Crippen LogP contribution in [0.4, 0.5) is 0 Å². The van der Waals surface area contributed by atoms with Gasteiger partial charge in [-0.25, -0.2) is 12.7 Å². The van der Waals surface area contributed by atoms with Gasteiger partial charge < -0.3 is 14.5 Å². The van der Waals surface area contributed by atoms with Crippen molar-refractivity contribution in [3.05, 3.63) is 28.8 Å². The Kier molecular flexibility index (Phi) is 8.41. The third kappa shape index (κ3) is 5.66. The van der Waals surface area contributed by atoms with Crippen molar-refractivity contribution in [2.75, 3.05) is 47.4 Å². The summed E-state index contributed by atoms with van der Waals surface area (Å²) < 4.78 is 31.5. The number of rotatable bonds is 7. The number of carbonyl (C=O) groups is 3. The Balaban J connectivity index is 2.16. The second-order valence-electron chi connectivity index (χ2n) is 8.30. The number of hydrogen-bond donors (Lipinski definition) is 0. The number of piperidine rings is 1. The van der Waals surface area contributed by atoms with Gasteiger partial charge in [0.05, 0.1) is 24.0 Å². The number of aryl methyl sites for hydroxylation is 1. The third-order valence-corrected chi connectivity index (χ3v) is 7.68. The molecule has 1 unspecified atom stereocenters. The quantitative estimate of drug-likeness (QED) is 0.562. The molecule has 0 saturated carbocycles. The lowest BCUT2D eigenvalue weighted by atomic mass is 9.98. The third-order valence-electron chi connectivity index (χ3n) is 5.74. The maximum Gasteiger partial charge on any atom is 0.310 e. The first-order valence-corrected chi connectivity index (χ1v) is 12.1. The summed E-state index contributed by atoms with van der Waals surface area (Å²) in [5.41, 5.74) is 1.45. The van der Waals surface area contributed by atoms with E-state index in [0.29, 0.717) is 37.1 Å². The molecule has 2 rings (SSSR count). The average Bonchev–Trinajstić information content (AvgIpc) is 2.74.